The van der Waals surface area contributed by atoms with Crippen molar-refractivity contribution in [2.24, 2.45) is 0 Å². The third-order valence-corrected chi connectivity index (χ3v) is 3.39. The second-order valence-corrected chi connectivity index (χ2v) is 4.94. The third-order valence-electron chi connectivity index (χ3n) is 2.61. The molecule has 2 aromatic rings. The Morgan fingerprint density at radius 1 is 1.43 bits per heavy atom. The maximum atomic E-state index is 12.3. The predicted octanol–water partition coefficient (Wildman–Crippen LogP) is 2.84. The average molecular weight is 364 g/mol. The van der Waals surface area contributed by atoms with Gasteiger partial charge in [-0.3, -0.25) is 4.79 Å². The minimum absolute atomic E-state index is 0.149. The van der Waals surface area contributed by atoms with Gasteiger partial charge in [-0.2, -0.15) is 13.2 Å². The van der Waals surface area contributed by atoms with Crippen LogP contribution in [0, 0.1) is 0 Å². The molecule has 0 N–H and O–H groups in total. The molecular weight excluding hydrogens is 355 g/mol. The number of aromatic nitrogens is 3. The van der Waals surface area contributed by atoms with Gasteiger partial charge in [0.15, 0.2) is 5.69 Å². The van der Waals surface area contributed by atoms with Crippen molar-refractivity contribution in [1.29, 1.82) is 0 Å². The Hall–Kier alpha value is -1.90. The minimum Gasteiger partial charge on any atom is -0.497 e. The van der Waals surface area contributed by atoms with Crippen molar-refractivity contribution in [2.45, 2.75) is 12.7 Å². The van der Waals surface area contributed by atoms with Crippen LogP contribution in [0.2, 0.25) is 0 Å². The number of carbonyl (C=O) groups is 1. The normalized spacial score (nSPS) is 11.5. The molecule has 2 rings (SSSR count). The van der Waals surface area contributed by atoms with Gasteiger partial charge in [-0.1, -0.05) is 21.1 Å². The molecule has 0 unspecified atom stereocenters. The quantitative estimate of drug-likeness (QED) is 0.783. The SMILES string of the molecule is COc1ccc(Br)c(Cn2cc(C(=O)C(F)(F)F)nn2)c1. The molecule has 0 radical (unpaired) electrons. The molecule has 0 bridgehead atoms. The maximum absolute atomic E-state index is 12.3. The highest BCUT2D eigenvalue weighted by atomic mass is 79.9. The molecule has 1 aromatic heterocycles. The first-order valence-corrected chi connectivity index (χ1v) is 6.44. The number of benzene rings is 1. The summed E-state index contributed by atoms with van der Waals surface area (Å²) in [5.74, 6) is -1.42. The Balaban J connectivity index is 2.22. The van der Waals surface area contributed by atoms with Crippen LogP contribution in [-0.4, -0.2) is 34.1 Å². The molecule has 0 saturated heterocycles. The number of ketones is 1. The molecular formula is C12H9BrF3N3O2. The van der Waals surface area contributed by atoms with Crippen molar-refractivity contribution in [3.63, 3.8) is 0 Å². The predicted molar refractivity (Wildman–Crippen MR) is 70.2 cm³/mol. The van der Waals surface area contributed by atoms with Gasteiger partial charge in [0.1, 0.15) is 5.75 Å². The van der Waals surface area contributed by atoms with Gasteiger partial charge in [-0.15, -0.1) is 5.10 Å². The van der Waals surface area contributed by atoms with Crippen LogP contribution in [0.4, 0.5) is 13.2 Å². The van der Waals surface area contributed by atoms with E-state index < -0.39 is 17.7 Å². The molecule has 21 heavy (non-hydrogen) atoms. The van der Waals surface area contributed by atoms with E-state index in [1.165, 1.54) is 7.11 Å². The fourth-order valence-corrected chi connectivity index (χ4v) is 1.97. The third kappa shape index (κ3) is 3.60. The van der Waals surface area contributed by atoms with Crippen LogP contribution in [0.15, 0.2) is 28.9 Å². The lowest BCUT2D eigenvalue weighted by atomic mass is 10.2. The first kappa shape index (κ1) is 15.5. The number of methoxy groups -OCH3 is 1. The summed E-state index contributed by atoms with van der Waals surface area (Å²) in [6, 6.07) is 5.18. The Bertz CT molecular complexity index is 670. The summed E-state index contributed by atoms with van der Waals surface area (Å²) in [5.41, 5.74) is -0.00761. The van der Waals surface area contributed by atoms with E-state index in [4.69, 9.17) is 4.74 Å². The summed E-state index contributed by atoms with van der Waals surface area (Å²) in [7, 11) is 1.50. The second kappa shape index (κ2) is 5.84. The van der Waals surface area contributed by atoms with Crippen molar-refractivity contribution in [1.82, 2.24) is 15.0 Å². The van der Waals surface area contributed by atoms with Crippen LogP contribution in [-0.2, 0) is 6.54 Å². The smallest absolute Gasteiger partial charge is 0.456 e. The van der Waals surface area contributed by atoms with Crippen molar-refractivity contribution < 1.29 is 22.7 Å². The molecule has 0 aliphatic heterocycles. The zero-order valence-corrected chi connectivity index (χ0v) is 12.3. The number of nitrogens with zero attached hydrogens (tertiary/aromatic N) is 3. The van der Waals surface area contributed by atoms with E-state index in [2.05, 4.69) is 26.2 Å². The van der Waals surface area contributed by atoms with E-state index in [-0.39, 0.29) is 6.54 Å². The highest BCUT2D eigenvalue weighted by molar-refractivity contribution is 9.10. The molecule has 0 spiro atoms. The maximum Gasteiger partial charge on any atom is 0.456 e. The lowest BCUT2D eigenvalue weighted by molar-refractivity contribution is -0.0888. The van der Waals surface area contributed by atoms with E-state index in [9.17, 15) is 18.0 Å². The van der Waals surface area contributed by atoms with Crippen molar-refractivity contribution >= 4 is 21.7 Å². The molecule has 0 saturated carbocycles. The van der Waals surface area contributed by atoms with Gasteiger partial charge >= 0.3 is 6.18 Å². The summed E-state index contributed by atoms with van der Waals surface area (Å²) >= 11 is 3.32. The number of Topliss-reactive ketones (excluding diaryl/α,β-unsaturated/α-hetero) is 1. The molecule has 0 amide bonds. The zero-order valence-electron chi connectivity index (χ0n) is 10.7. The molecule has 0 aliphatic rings. The fraction of sp³-hybridized carbons (Fsp3) is 0.250. The molecule has 0 atom stereocenters. The molecule has 9 heteroatoms. The van der Waals surface area contributed by atoms with Gasteiger partial charge in [0.05, 0.1) is 19.9 Å². The second-order valence-electron chi connectivity index (χ2n) is 4.09. The lowest BCUT2D eigenvalue weighted by Gasteiger charge is -2.07. The Morgan fingerprint density at radius 3 is 2.76 bits per heavy atom. The molecule has 0 fully saturated rings. The van der Waals surface area contributed by atoms with Crippen LogP contribution in [0.3, 0.4) is 0 Å². The van der Waals surface area contributed by atoms with E-state index in [0.29, 0.717) is 5.75 Å². The first-order valence-electron chi connectivity index (χ1n) is 5.65. The summed E-state index contributed by atoms with van der Waals surface area (Å²) in [6.45, 7) is 0.149. The van der Waals surface area contributed by atoms with Gasteiger partial charge in [-0.05, 0) is 23.8 Å². The van der Waals surface area contributed by atoms with Gasteiger partial charge in [-0.25, -0.2) is 4.68 Å². The molecule has 112 valence electrons. The minimum atomic E-state index is -4.96. The topological polar surface area (TPSA) is 57.0 Å². The Morgan fingerprint density at radius 2 is 2.14 bits per heavy atom. The lowest BCUT2D eigenvalue weighted by Crippen LogP contribution is -2.23. The van der Waals surface area contributed by atoms with Crippen LogP contribution in [0.5, 0.6) is 5.75 Å². The van der Waals surface area contributed by atoms with Crippen molar-refractivity contribution in [2.75, 3.05) is 7.11 Å². The highest BCUT2D eigenvalue weighted by Gasteiger charge is 2.41. The Kier molecular flexibility index (Phi) is 4.31. The van der Waals surface area contributed by atoms with Gasteiger partial charge < -0.3 is 4.74 Å². The first-order chi connectivity index (χ1) is 9.81. The average Bonchev–Trinajstić information content (AvgIpc) is 2.87. The standard InChI is InChI=1S/C12H9BrF3N3O2/c1-21-8-2-3-9(13)7(4-8)5-19-6-10(17-18-19)11(20)12(14,15)16/h2-4,6H,5H2,1H3. The number of hydrogen-bond donors (Lipinski definition) is 0. The number of carbonyl (C=O) groups excluding carboxylic acids is 1. The summed E-state index contributed by atoms with van der Waals surface area (Å²) in [5, 5.41) is 6.77. The molecule has 0 aliphatic carbocycles. The number of halogens is 4. The largest absolute Gasteiger partial charge is 0.497 e. The Labute approximate surface area is 125 Å². The summed E-state index contributed by atoms with van der Waals surface area (Å²) in [4.78, 5) is 11.0. The van der Waals surface area contributed by atoms with E-state index in [1.54, 1.807) is 18.2 Å². The summed E-state index contributed by atoms with van der Waals surface area (Å²) in [6.07, 6.45) is -4.00. The van der Waals surface area contributed by atoms with Crippen molar-refractivity contribution in [3.8, 4) is 5.75 Å². The van der Waals surface area contributed by atoms with Crippen LogP contribution < -0.4 is 4.74 Å². The molecule has 5 nitrogen and oxygen atoms in total. The van der Waals surface area contributed by atoms with E-state index in [0.717, 1.165) is 20.9 Å². The van der Waals surface area contributed by atoms with Gasteiger partial charge in [0.25, 0.3) is 5.78 Å². The van der Waals surface area contributed by atoms with E-state index >= 15 is 0 Å². The fourth-order valence-electron chi connectivity index (χ4n) is 1.60. The number of hydrogen-bond acceptors (Lipinski definition) is 4. The zero-order chi connectivity index (χ0) is 15.6. The van der Waals surface area contributed by atoms with E-state index in [1.807, 2.05) is 0 Å². The number of alkyl halides is 3. The van der Waals surface area contributed by atoms with Crippen molar-refractivity contribution in [3.05, 3.63) is 40.1 Å². The summed E-state index contributed by atoms with van der Waals surface area (Å²) < 4.78 is 43.8. The van der Waals surface area contributed by atoms with Gasteiger partial charge in [0.2, 0.25) is 0 Å². The molecule has 1 heterocycles. The number of ether oxygens (including phenoxy) is 1. The molecule has 1 aromatic carbocycles. The van der Waals surface area contributed by atoms with Gasteiger partial charge in [0, 0.05) is 4.47 Å². The monoisotopic (exact) mass is 363 g/mol. The van der Waals surface area contributed by atoms with Crippen LogP contribution >= 0.6 is 15.9 Å². The van der Waals surface area contributed by atoms with Crippen LogP contribution in [0.25, 0.3) is 0 Å². The highest BCUT2D eigenvalue weighted by Crippen LogP contribution is 2.24. The number of rotatable bonds is 4. The van der Waals surface area contributed by atoms with Crippen LogP contribution in [0.1, 0.15) is 16.1 Å².